The first kappa shape index (κ1) is 22.7. The molecule has 5 rings (SSSR count). The zero-order valence-corrected chi connectivity index (χ0v) is 20.5. The molecular formula is C26H30N4O3S. The number of piperidine rings is 1. The summed E-state index contributed by atoms with van der Waals surface area (Å²) in [5.74, 6) is 1.66. The molecule has 2 aromatic heterocycles. The Kier molecular flexibility index (Phi) is 6.16. The van der Waals surface area contributed by atoms with Crippen molar-refractivity contribution in [2.75, 3.05) is 35.7 Å². The van der Waals surface area contributed by atoms with Crippen LogP contribution in [-0.4, -0.2) is 50.4 Å². The number of ether oxygens (including phenoxy) is 1. The Balaban J connectivity index is 1.24. The molecule has 34 heavy (non-hydrogen) atoms. The average molecular weight is 479 g/mol. The van der Waals surface area contributed by atoms with Crippen LogP contribution < -0.4 is 14.5 Å². The smallest absolute Gasteiger partial charge is 0.215 e. The Labute approximate surface area is 201 Å². The van der Waals surface area contributed by atoms with Gasteiger partial charge in [0.15, 0.2) is 9.84 Å². The molecule has 7 nitrogen and oxygen atoms in total. The molecule has 0 atom stereocenters. The minimum atomic E-state index is -3.21. The summed E-state index contributed by atoms with van der Waals surface area (Å²) in [4.78, 5) is 13.9. The van der Waals surface area contributed by atoms with Crippen LogP contribution in [0.3, 0.4) is 0 Å². The van der Waals surface area contributed by atoms with Crippen molar-refractivity contribution in [1.82, 2.24) is 9.97 Å². The van der Waals surface area contributed by atoms with Crippen molar-refractivity contribution in [2.24, 2.45) is 0 Å². The quantitative estimate of drug-likeness (QED) is 0.526. The van der Waals surface area contributed by atoms with Crippen molar-refractivity contribution in [3.63, 3.8) is 0 Å². The van der Waals surface area contributed by atoms with Crippen molar-refractivity contribution in [3.05, 3.63) is 66.0 Å². The van der Waals surface area contributed by atoms with Crippen LogP contribution in [0.4, 0.5) is 17.2 Å². The van der Waals surface area contributed by atoms with E-state index in [9.17, 15) is 8.42 Å². The van der Waals surface area contributed by atoms with Gasteiger partial charge in [0.05, 0.1) is 4.90 Å². The summed E-state index contributed by atoms with van der Waals surface area (Å²) in [6.07, 6.45) is 8.76. The van der Waals surface area contributed by atoms with Crippen LogP contribution in [0.2, 0.25) is 0 Å². The molecule has 178 valence electrons. The molecule has 0 amide bonds. The number of anilines is 3. The number of hydrogen-bond donors (Lipinski definition) is 0. The second-order valence-corrected chi connectivity index (χ2v) is 11.0. The number of rotatable bonds is 6. The van der Waals surface area contributed by atoms with Crippen LogP contribution in [0.25, 0.3) is 0 Å². The number of fused-ring (bicyclic) bond motifs is 1. The summed E-state index contributed by atoms with van der Waals surface area (Å²) in [6.45, 7) is 4.75. The van der Waals surface area contributed by atoms with Crippen molar-refractivity contribution in [3.8, 4) is 5.88 Å². The van der Waals surface area contributed by atoms with Gasteiger partial charge in [0.25, 0.3) is 0 Å². The molecule has 0 aliphatic carbocycles. The molecule has 0 unspecified atom stereocenters. The van der Waals surface area contributed by atoms with Gasteiger partial charge in [-0.3, -0.25) is 0 Å². The fourth-order valence-electron chi connectivity index (χ4n) is 4.69. The summed E-state index contributed by atoms with van der Waals surface area (Å²) < 4.78 is 30.1. The molecule has 2 aliphatic rings. The Morgan fingerprint density at radius 3 is 2.56 bits per heavy atom. The highest BCUT2D eigenvalue weighted by Crippen LogP contribution is 2.36. The number of aryl methyl sites for hydroxylation is 1. The van der Waals surface area contributed by atoms with E-state index in [0.717, 1.165) is 68.1 Å². The maximum Gasteiger partial charge on any atom is 0.215 e. The highest BCUT2D eigenvalue weighted by Gasteiger charge is 2.25. The van der Waals surface area contributed by atoms with Gasteiger partial charge in [0, 0.05) is 68.6 Å². The predicted molar refractivity (Wildman–Crippen MR) is 134 cm³/mol. The van der Waals surface area contributed by atoms with E-state index in [2.05, 4.69) is 38.8 Å². The summed E-state index contributed by atoms with van der Waals surface area (Å²) >= 11 is 0. The lowest BCUT2D eigenvalue weighted by atomic mass is 10.1. The lowest BCUT2D eigenvalue weighted by Gasteiger charge is -2.32. The predicted octanol–water partition coefficient (Wildman–Crippen LogP) is 4.18. The van der Waals surface area contributed by atoms with E-state index >= 15 is 0 Å². The second kappa shape index (κ2) is 9.25. The SMILES string of the molecule is CCc1ccc(N2CCC(Oc3cc(N4CCc5cc(S(C)(=O)=O)ccc54)ccn3)CC2)nc1. The Morgan fingerprint density at radius 2 is 1.85 bits per heavy atom. The molecule has 4 heterocycles. The topological polar surface area (TPSA) is 75.6 Å². The number of pyridine rings is 2. The molecule has 0 spiro atoms. The van der Waals surface area contributed by atoms with Crippen molar-refractivity contribution < 1.29 is 13.2 Å². The van der Waals surface area contributed by atoms with Crippen LogP contribution in [0.1, 0.15) is 30.9 Å². The highest BCUT2D eigenvalue weighted by atomic mass is 32.2. The van der Waals surface area contributed by atoms with Crippen LogP contribution in [0, 0.1) is 0 Å². The van der Waals surface area contributed by atoms with Gasteiger partial charge in [-0.05, 0) is 54.3 Å². The first-order chi connectivity index (χ1) is 16.4. The van der Waals surface area contributed by atoms with Crippen molar-refractivity contribution >= 4 is 27.0 Å². The van der Waals surface area contributed by atoms with E-state index < -0.39 is 9.84 Å². The Hall–Kier alpha value is -3.13. The third kappa shape index (κ3) is 4.73. The van der Waals surface area contributed by atoms with E-state index in [1.165, 1.54) is 11.8 Å². The van der Waals surface area contributed by atoms with Crippen LogP contribution >= 0.6 is 0 Å². The van der Waals surface area contributed by atoms with Gasteiger partial charge in [-0.1, -0.05) is 13.0 Å². The summed E-state index contributed by atoms with van der Waals surface area (Å²) in [5, 5.41) is 0. The van der Waals surface area contributed by atoms with E-state index in [0.29, 0.717) is 10.8 Å². The third-order valence-corrected chi connectivity index (χ3v) is 7.79. The molecular weight excluding hydrogens is 448 g/mol. The van der Waals surface area contributed by atoms with Gasteiger partial charge in [-0.25, -0.2) is 18.4 Å². The van der Waals surface area contributed by atoms with E-state index in [4.69, 9.17) is 4.74 Å². The average Bonchev–Trinajstić information content (AvgIpc) is 3.28. The van der Waals surface area contributed by atoms with Crippen LogP contribution in [0.15, 0.2) is 59.8 Å². The van der Waals surface area contributed by atoms with E-state index in [-0.39, 0.29) is 6.10 Å². The Bertz CT molecular complexity index is 1270. The fraction of sp³-hybridized carbons (Fsp3) is 0.385. The number of nitrogens with zero attached hydrogens (tertiary/aromatic N) is 4. The monoisotopic (exact) mass is 478 g/mol. The number of sulfone groups is 1. The number of aromatic nitrogens is 2. The number of benzene rings is 1. The van der Waals surface area contributed by atoms with E-state index in [1.54, 1.807) is 18.3 Å². The molecule has 0 N–H and O–H groups in total. The van der Waals surface area contributed by atoms with Gasteiger partial charge >= 0.3 is 0 Å². The first-order valence-electron chi connectivity index (χ1n) is 11.8. The minimum absolute atomic E-state index is 0.122. The maximum absolute atomic E-state index is 11.9. The van der Waals surface area contributed by atoms with Gasteiger partial charge in [0.2, 0.25) is 5.88 Å². The van der Waals surface area contributed by atoms with Crippen LogP contribution in [-0.2, 0) is 22.7 Å². The largest absolute Gasteiger partial charge is 0.474 e. The molecule has 0 bridgehead atoms. The van der Waals surface area contributed by atoms with E-state index in [1.807, 2.05) is 24.4 Å². The Morgan fingerprint density at radius 1 is 1.03 bits per heavy atom. The molecule has 0 radical (unpaired) electrons. The van der Waals surface area contributed by atoms with Gasteiger partial charge in [0.1, 0.15) is 11.9 Å². The zero-order chi connectivity index (χ0) is 23.7. The molecule has 1 aromatic carbocycles. The molecule has 2 aliphatic heterocycles. The second-order valence-electron chi connectivity index (χ2n) is 9.00. The lowest BCUT2D eigenvalue weighted by Crippen LogP contribution is -2.38. The summed E-state index contributed by atoms with van der Waals surface area (Å²) in [6, 6.07) is 13.6. The molecule has 0 saturated carbocycles. The highest BCUT2D eigenvalue weighted by molar-refractivity contribution is 7.90. The number of hydrogen-bond acceptors (Lipinski definition) is 7. The third-order valence-electron chi connectivity index (χ3n) is 6.68. The van der Waals surface area contributed by atoms with Crippen molar-refractivity contribution in [2.45, 2.75) is 43.6 Å². The fourth-order valence-corrected chi connectivity index (χ4v) is 5.37. The maximum atomic E-state index is 11.9. The lowest BCUT2D eigenvalue weighted by molar-refractivity contribution is 0.164. The molecule has 3 aromatic rings. The van der Waals surface area contributed by atoms with Crippen LogP contribution in [0.5, 0.6) is 5.88 Å². The normalized spacial score (nSPS) is 16.5. The van der Waals surface area contributed by atoms with Gasteiger partial charge in [-0.2, -0.15) is 0 Å². The minimum Gasteiger partial charge on any atom is -0.474 e. The zero-order valence-electron chi connectivity index (χ0n) is 19.6. The molecule has 8 heteroatoms. The summed E-state index contributed by atoms with van der Waals surface area (Å²) in [5.41, 5.74) is 4.35. The molecule has 1 fully saturated rings. The van der Waals surface area contributed by atoms with Gasteiger partial charge in [-0.15, -0.1) is 0 Å². The standard InChI is InChI=1S/C26H30N4O3S/c1-3-19-4-7-25(28-18-19)29-13-10-22(11-14-29)33-26-17-21(8-12-27-26)30-15-9-20-16-23(34(2,31)32)5-6-24(20)30/h4-8,12,16-18,22H,3,9-11,13-15H2,1-2H3. The first-order valence-corrected chi connectivity index (χ1v) is 13.7. The van der Waals surface area contributed by atoms with Gasteiger partial charge < -0.3 is 14.5 Å². The molecule has 1 saturated heterocycles. The van der Waals surface area contributed by atoms with Crippen molar-refractivity contribution in [1.29, 1.82) is 0 Å². The summed E-state index contributed by atoms with van der Waals surface area (Å²) in [7, 11) is -3.21.